The van der Waals surface area contributed by atoms with Gasteiger partial charge in [0.25, 0.3) is 5.69 Å². The zero-order chi connectivity index (χ0) is 21.5. The molecule has 0 bridgehead atoms. The summed E-state index contributed by atoms with van der Waals surface area (Å²) in [4.78, 5) is 10.3. The van der Waals surface area contributed by atoms with Crippen molar-refractivity contribution < 1.29 is 14.4 Å². The first-order chi connectivity index (χ1) is 14.5. The number of nitro groups is 1. The predicted molar refractivity (Wildman–Crippen MR) is 115 cm³/mol. The van der Waals surface area contributed by atoms with Crippen molar-refractivity contribution in [2.75, 3.05) is 7.11 Å². The highest BCUT2D eigenvalue weighted by molar-refractivity contribution is 6.31. The van der Waals surface area contributed by atoms with Crippen molar-refractivity contribution in [3.05, 3.63) is 98.6 Å². The summed E-state index contributed by atoms with van der Waals surface area (Å²) < 4.78 is 11.3. The number of ether oxygens (including phenoxy) is 2. The molecule has 0 saturated heterocycles. The van der Waals surface area contributed by atoms with E-state index in [1.807, 2.05) is 18.2 Å². The maximum Gasteiger partial charge on any atom is 0.269 e. The molecule has 0 aliphatic rings. The van der Waals surface area contributed by atoms with Gasteiger partial charge in [-0.1, -0.05) is 35.9 Å². The SMILES string of the molecule is COc1cc(/C=C(/C#N)c2ccc([N+](=O)[O-])cc2)ccc1OCc1ccccc1Cl. The summed E-state index contributed by atoms with van der Waals surface area (Å²) in [7, 11) is 1.53. The second-order valence-electron chi connectivity index (χ2n) is 6.26. The Kier molecular flexibility index (Phi) is 6.68. The third kappa shape index (κ3) is 4.96. The minimum Gasteiger partial charge on any atom is -0.493 e. The predicted octanol–water partition coefficient (Wildman–Crippen LogP) is 5.90. The second kappa shape index (κ2) is 9.59. The Balaban J connectivity index is 1.83. The maximum absolute atomic E-state index is 10.8. The Morgan fingerprint density at radius 3 is 2.50 bits per heavy atom. The van der Waals surface area contributed by atoms with Crippen molar-refractivity contribution >= 4 is 28.9 Å². The van der Waals surface area contributed by atoms with Crippen LogP contribution in [0.2, 0.25) is 5.02 Å². The van der Waals surface area contributed by atoms with Crippen LogP contribution in [-0.4, -0.2) is 12.0 Å². The van der Waals surface area contributed by atoms with Gasteiger partial charge in [0, 0.05) is 22.7 Å². The molecule has 150 valence electrons. The van der Waals surface area contributed by atoms with Gasteiger partial charge in [-0.25, -0.2) is 0 Å². The minimum atomic E-state index is -0.480. The summed E-state index contributed by atoms with van der Waals surface area (Å²) >= 11 is 6.16. The van der Waals surface area contributed by atoms with Crippen LogP contribution in [0.3, 0.4) is 0 Å². The molecule has 0 atom stereocenters. The van der Waals surface area contributed by atoms with Gasteiger partial charge < -0.3 is 9.47 Å². The highest BCUT2D eigenvalue weighted by atomic mass is 35.5. The van der Waals surface area contributed by atoms with Crippen LogP contribution in [0.5, 0.6) is 11.5 Å². The number of nitriles is 1. The van der Waals surface area contributed by atoms with Gasteiger partial charge in [0.05, 0.1) is 23.7 Å². The van der Waals surface area contributed by atoms with E-state index in [1.54, 1.807) is 42.5 Å². The molecule has 0 fully saturated rings. The normalized spacial score (nSPS) is 10.9. The average molecular weight is 421 g/mol. The van der Waals surface area contributed by atoms with Crippen LogP contribution in [-0.2, 0) is 6.61 Å². The summed E-state index contributed by atoms with van der Waals surface area (Å²) in [6.07, 6.45) is 1.68. The summed E-state index contributed by atoms with van der Waals surface area (Å²) in [6, 6.07) is 20.7. The summed E-state index contributed by atoms with van der Waals surface area (Å²) in [5.74, 6) is 1.06. The zero-order valence-corrected chi connectivity index (χ0v) is 16.8. The van der Waals surface area contributed by atoms with E-state index in [0.29, 0.717) is 27.7 Å². The van der Waals surface area contributed by atoms with E-state index in [-0.39, 0.29) is 12.3 Å². The first-order valence-electron chi connectivity index (χ1n) is 8.92. The van der Waals surface area contributed by atoms with Gasteiger partial charge in [-0.05, 0) is 47.5 Å². The molecule has 0 aliphatic carbocycles. The van der Waals surface area contributed by atoms with Crippen LogP contribution >= 0.6 is 11.6 Å². The molecule has 0 spiro atoms. The molecule has 0 unspecified atom stereocenters. The van der Waals surface area contributed by atoms with E-state index < -0.39 is 4.92 Å². The summed E-state index contributed by atoms with van der Waals surface area (Å²) in [5.41, 5.74) is 2.51. The molecule has 0 N–H and O–H groups in total. The van der Waals surface area contributed by atoms with Crippen molar-refractivity contribution in [3.8, 4) is 17.6 Å². The lowest BCUT2D eigenvalue weighted by molar-refractivity contribution is -0.384. The molecule has 3 rings (SSSR count). The van der Waals surface area contributed by atoms with Gasteiger partial charge in [0.15, 0.2) is 11.5 Å². The molecule has 0 aromatic heterocycles. The first-order valence-corrected chi connectivity index (χ1v) is 9.30. The van der Waals surface area contributed by atoms with Crippen LogP contribution in [0.4, 0.5) is 5.69 Å². The molecule has 3 aromatic rings. The highest BCUT2D eigenvalue weighted by Gasteiger charge is 2.10. The van der Waals surface area contributed by atoms with E-state index in [0.717, 1.165) is 11.1 Å². The van der Waals surface area contributed by atoms with Crippen LogP contribution in [0.1, 0.15) is 16.7 Å². The number of nitrogens with zero attached hydrogens (tertiary/aromatic N) is 2. The van der Waals surface area contributed by atoms with Gasteiger partial charge in [-0.3, -0.25) is 10.1 Å². The van der Waals surface area contributed by atoms with Crippen molar-refractivity contribution in [1.82, 2.24) is 0 Å². The van der Waals surface area contributed by atoms with Crippen molar-refractivity contribution in [3.63, 3.8) is 0 Å². The highest BCUT2D eigenvalue weighted by Crippen LogP contribution is 2.31. The fourth-order valence-corrected chi connectivity index (χ4v) is 2.96. The number of rotatable bonds is 7. The Hall–Kier alpha value is -3.82. The van der Waals surface area contributed by atoms with Crippen molar-refractivity contribution in [2.45, 2.75) is 6.61 Å². The zero-order valence-electron chi connectivity index (χ0n) is 16.0. The van der Waals surface area contributed by atoms with Crippen molar-refractivity contribution in [1.29, 1.82) is 5.26 Å². The first kappa shape index (κ1) is 20.9. The quantitative estimate of drug-likeness (QED) is 0.205. The Labute approximate surface area is 178 Å². The van der Waals surface area contributed by atoms with Gasteiger partial charge in [-0.2, -0.15) is 5.26 Å². The van der Waals surface area contributed by atoms with Gasteiger partial charge >= 0.3 is 0 Å². The van der Waals surface area contributed by atoms with Crippen LogP contribution in [0, 0.1) is 21.4 Å². The summed E-state index contributed by atoms with van der Waals surface area (Å²) in [6.45, 7) is 0.289. The lowest BCUT2D eigenvalue weighted by atomic mass is 10.0. The topological polar surface area (TPSA) is 85.4 Å². The number of hydrogen-bond donors (Lipinski definition) is 0. The van der Waals surface area contributed by atoms with Gasteiger partial charge in [0.2, 0.25) is 0 Å². The minimum absolute atomic E-state index is 0.0299. The molecule has 30 heavy (non-hydrogen) atoms. The number of methoxy groups -OCH3 is 1. The fraction of sp³-hybridized carbons (Fsp3) is 0.0870. The molecule has 0 heterocycles. The number of halogens is 1. The molecular formula is C23H17ClN2O4. The molecule has 7 heteroatoms. The number of benzene rings is 3. The molecule has 0 radical (unpaired) electrons. The molecule has 0 saturated carbocycles. The Morgan fingerprint density at radius 1 is 1.13 bits per heavy atom. The number of non-ortho nitro benzene ring substituents is 1. The van der Waals surface area contributed by atoms with E-state index in [9.17, 15) is 15.4 Å². The molecule has 0 amide bonds. The molecule has 6 nitrogen and oxygen atoms in total. The molecule has 3 aromatic carbocycles. The standard InChI is InChI=1S/C23H17ClN2O4/c1-29-23-13-16(6-11-22(23)30-15-18-4-2-3-5-21(18)24)12-19(14-25)17-7-9-20(10-8-17)26(27)28/h2-13H,15H2,1H3/b19-12-. The fourth-order valence-electron chi connectivity index (χ4n) is 2.77. The smallest absolute Gasteiger partial charge is 0.269 e. The maximum atomic E-state index is 10.8. The van der Waals surface area contributed by atoms with Gasteiger partial charge in [0.1, 0.15) is 6.61 Å². The van der Waals surface area contributed by atoms with Crippen molar-refractivity contribution in [2.24, 2.45) is 0 Å². The third-order valence-corrected chi connectivity index (χ3v) is 4.72. The Bertz CT molecular complexity index is 1130. The lowest BCUT2D eigenvalue weighted by Gasteiger charge is -2.12. The third-order valence-electron chi connectivity index (χ3n) is 4.35. The number of allylic oxidation sites excluding steroid dienone is 1. The monoisotopic (exact) mass is 420 g/mol. The summed E-state index contributed by atoms with van der Waals surface area (Å²) in [5, 5.41) is 20.9. The lowest BCUT2D eigenvalue weighted by Crippen LogP contribution is -1.98. The van der Waals surface area contributed by atoms with E-state index >= 15 is 0 Å². The molecular weight excluding hydrogens is 404 g/mol. The van der Waals surface area contributed by atoms with E-state index in [1.165, 1.54) is 19.2 Å². The van der Waals surface area contributed by atoms with Crippen LogP contribution < -0.4 is 9.47 Å². The van der Waals surface area contributed by atoms with Gasteiger partial charge in [-0.15, -0.1) is 0 Å². The van der Waals surface area contributed by atoms with E-state index in [2.05, 4.69) is 6.07 Å². The average Bonchev–Trinajstić information content (AvgIpc) is 2.77. The number of nitro benzene ring substituents is 1. The molecule has 0 aliphatic heterocycles. The largest absolute Gasteiger partial charge is 0.493 e. The Morgan fingerprint density at radius 2 is 1.87 bits per heavy atom. The number of hydrogen-bond acceptors (Lipinski definition) is 5. The van der Waals surface area contributed by atoms with Crippen LogP contribution in [0.15, 0.2) is 66.7 Å². The van der Waals surface area contributed by atoms with Crippen LogP contribution in [0.25, 0.3) is 11.6 Å². The van der Waals surface area contributed by atoms with E-state index in [4.69, 9.17) is 21.1 Å². The second-order valence-corrected chi connectivity index (χ2v) is 6.67.